The first-order chi connectivity index (χ1) is 10.3. The fourth-order valence-electron chi connectivity index (χ4n) is 1.95. The van der Waals surface area contributed by atoms with E-state index in [1.807, 2.05) is 6.92 Å². The van der Waals surface area contributed by atoms with E-state index in [2.05, 4.69) is 10.3 Å². The summed E-state index contributed by atoms with van der Waals surface area (Å²) in [5.41, 5.74) is 0.689. The molecule has 2 rings (SSSR count). The summed E-state index contributed by atoms with van der Waals surface area (Å²) in [6, 6.07) is 8.96. The van der Waals surface area contributed by atoms with Crippen LogP contribution in [0.1, 0.15) is 18.5 Å². The predicted octanol–water partition coefficient (Wildman–Crippen LogP) is 2.57. The molecular weight excluding hydrogens is 306 g/mol. The number of nitrogens with one attached hydrogen (secondary N) is 1. The van der Waals surface area contributed by atoms with Gasteiger partial charge in [0, 0.05) is 18.5 Å². The van der Waals surface area contributed by atoms with Crippen molar-refractivity contribution < 1.29 is 13.3 Å². The van der Waals surface area contributed by atoms with Crippen molar-refractivity contribution in [2.75, 3.05) is 11.6 Å². The lowest BCUT2D eigenvalue weighted by Crippen LogP contribution is -2.10. The number of aromatic nitrogens is 1. The van der Waals surface area contributed by atoms with Gasteiger partial charge in [-0.05, 0) is 30.7 Å². The van der Waals surface area contributed by atoms with Crippen LogP contribution in [-0.2, 0) is 9.84 Å². The summed E-state index contributed by atoms with van der Waals surface area (Å²) >= 11 is 0. The Hall–Kier alpha value is -2.48. The number of sulfone groups is 1. The summed E-state index contributed by atoms with van der Waals surface area (Å²) in [5.74, 6) is 0.173. The molecule has 1 unspecified atom stereocenters. The van der Waals surface area contributed by atoms with Crippen LogP contribution < -0.4 is 5.32 Å². The number of anilines is 1. The van der Waals surface area contributed by atoms with Gasteiger partial charge >= 0.3 is 5.69 Å². The number of rotatable bonds is 5. The maximum atomic E-state index is 11.4. The van der Waals surface area contributed by atoms with Crippen LogP contribution in [0.4, 0.5) is 11.5 Å². The molecule has 0 aliphatic rings. The van der Waals surface area contributed by atoms with Gasteiger partial charge in [-0.3, -0.25) is 10.1 Å². The molecular formula is C14H15N3O4S. The summed E-state index contributed by atoms with van der Waals surface area (Å²) in [4.78, 5) is 14.7. The van der Waals surface area contributed by atoms with E-state index < -0.39 is 14.8 Å². The average Bonchev–Trinajstić information content (AvgIpc) is 2.46. The fraction of sp³-hybridized carbons (Fsp3) is 0.214. The molecule has 0 spiro atoms. The average molecular weight is 321 g/mol. The highest BCUT2D eigenvalue weighted by atomic mass is 32.2. The van der Waals surface area contributed by atoms with Gasteiger partial charge in [0.25, 0.3) is 0 Å². The quantitative estimate of drug-likeness (QED) is 0.670. The van der Waals surface area contributed by atoms with Gasteiger partial charge in [-0.15, -0.1) is 0 Å². The minimum atomic E-state index is -3.24. The van der Waals surface area contributed by atoms with E-state index in [4.69, 9.17) is 0 Å². The largest absolute Gasteiger partial charge is 0.358 e. The van der Waals surface area contributed by atoms with E-state index in [9.17, 15) is 18.5 Å². The van der Waals surface area contributed by atoms with Crippen molar-refractivity contribution in [3.8, 4) is 0 Å². The summed E-state index contributed by atoms with van der Waals surface area (Å²) in [5, 5.41) is 13.9. The zero-order valence-corrected chi connectivity index (χ0v) is 12.9. The second kappa shape index (κ2) is 6.10. The van der Waals surface area contributed by atoms with Gasteiger partial charge in [-0.1, -0.05) is 12.1 Å². The number of benzene rings is 1. The summed E-state index contributed by atoms with van der Waals surface area (Å²) in [7, 11) is -3.24. The first-order valence-electron chi connectivity index (χ1n) is 6.45. The minimum absolute atomic E-state index is 0.109. The van der Waals surface area contributed by atoms with Gasteiger partial charge in [-0.2, -0.15) is 0 Å². The van der Waals surface area contributed by atoms with Crippen LogP contribution in [0.3, 0.4) is 0 Å². The Labute approximate surface area is 128 Å². The van der Waals surface area contributed by atoms with Gasteiger partial charge in [0.1, 0.15) is 0 Å². The Kier molecular flexibility index (Phi) is 4.41. The SMILES string of the molecule is CC(Nc1ncccc1[N+](=O)[O-])c1ccc(S(C)(=O)=O)cc1. The van der Waals surface area contributed by atoms with Crippen molar-refractivity contribution >= 4 is 21.3 Å². The second-order valence-electron chi connectivity index (χ2n) is 4.84. The van der Waals surface area contributed by atoms with Crippen LogP contribution in [-0.4, -0.2) is 24.6 Å². The van der Waals surface area contributed by atoms with Gasteiger partial charge in [0.2, 0.25) is 5.82 Å². The van der Waals surface area contributed by atoms with Crippen molar-refractivity contribution in [2.45, 2.75) is 17.9 Å². The van der Waals surface area contributed by atoms with Crippen LogP contribution in [0.2, 0.25) is 0 Å². The molecule has 8 heteroatoms. The summed E-state index contributed by atoms with van der Waals surface area (Å²) < 4.78 is 22.8. The van der Waals surface area contributed by atoms with Crippen molar-refractivity contribution in [1.29, 1.82) is 0 Å². The van der Waals surface area contributed by atoms with E-state index in [1.165, 1.54) is 30.5 Å². The lowest BCUT2D eigenvalue weighted by molar-refractivity contribution is -0.384. The first-order valence-corrected chi connectivity index (χ1v) is 8.34. The zero-order chi connectivity index (χ0) is 16.3. The molecule has 0 radical (unpaired) electrons. The molecule has 1 aromatic carbocycles. The smallest absolute Gasteiger partial charge is 0.311 e. The third kappa shape index (κ3) is 3.59. The molecule has 1 heterocycles. The Morgan fingerprint density at radius 3 is 2.41 bits per heavy atom. The topological polar surface area (TPSA) is 102 Å². The second-order valence-corrected chi connectivity index (χ2v) is 6.85. The van der Waals surface area contributed by atoms with E-state index >= 15 is 0 Å². The third-order valence-electron chi connectivity index (χ3n) is 3.14. The molecule has 0 fully saturated rings. The molecule has 0 saturated heterocycles. The van der Waals surface area contributed by atoms with Crippen molar-refractivity contribution in [3.05, 3.63) is 58.3 Å². The molecule has 0 saturated carbocycles. The molecule has 0 aliphatic heterocycles. The number of pyridine rings is 1. The Morgan fingerprint density at radius 2 is 1.86 bits per heavy atom. The summed E-state index contributed by atoms with van der Waals surface area (Å²) in [6.45, 7) is 1.81. The molecule has 0 aliphatic carbocycles. The highest BCUT2D eigenvalue weighted by Crippen LogP contribution is 2.25. The van der Waals surface area contributed by atoms with E-state index in [0.717, 1.165) is 11.8 Å². The fourth-order valence-corrected chi connectivity index (χ4v) is 2.58. The number of hydrogen-bond donors (Lipinski definition) is 1. The highest BCUT2D eigenvalue weighted by molar-refractivity contribution is 7.90. The molecule has 7 nitrogen and oxygen atoms in total. The normalized spacial score (nSPS) is 12.6. The maximum Gasteiger partial charge on any atom is 0.311 e. The van der Waals surface area contributed by atoms with E-state index in [-0.39, 0.29) is 22.4 Å². The molecule has 0 bridgehead atoms. The van der Waals surface area contributed by atoms with Gasteiger partial charge in [0.15, 0.2) is 9.84 Å². The van der Waals surface area contributed by atoms with Crippen LogP contribution in [0.5, 0.6) is 0 Å². The molecule has 1 N–H and O–H groups in total. The lowest BCUT2D eigenvalue weighted by Gasteiger charge is -2.15. The van der Waals surface area contributed by atoms with Crippen molar-refractivity contribution in [3.63, 3.8) is 0 Å². The van der Waals surface area contributed by atoms with Crippen LogP contribution in [0, 0.1) is 10.1 Å². The number of hydrogen-bond acceptors (Lipinski definition) is 6. The van der Waals surface area contributed by atoms with E-state index in [0.29, 0.717) is 0 Å². The zero-order valence-electron chi connectivity index (χ0n) is 12.1. The monoisotopic (exact) mass is 321 g/mol. The van der Waals surface area contributed by atoms with Crippen LogP contribution in [0.15, 0.2) is 47.5 Å². The highest BCUT2D eigenvalue weighted by Gasteiger charge is 2.17. The number of nitro groups is 1. The Balaban J connectivity index is 2.23. The van der Waals surface area contributed by atoms with Gasteiger partial charge < -0.3 is 5.32 Å². The van der Waals surface area contributed by atoms with E-state index in [1.54, 1.807) is 12.1 Å². The molecule has 0 amide bonds. The first kappa shape index (κ1) is 15.9. The molecule has 116 valence electrons. The number of nitrogens with zero attached hydrogens (tertiary/aromatic N) is 2. The molecule has 22 heavy (non-hydrogen) atoms. The lowest BCUT2D eigenvalue weighted by atomic mass is 10.1. The van der Waals surface area contributed by atoms with Crippen molar-refractivity contribution in [2.24, 2.45) is 0 Å². The molecule has 1 aromatic heterocycles. The predicted molar refractivity (Wildman–Crippen MR) is 82.5 cm³/mol. The standard InChI is InChI=1S/C14H15N3O4S/c1-10(11-5-7-12(8-6-11)22(2,20)21)16-14-13(17(18)19)4-3-9-15-14/h3-10H,1-2H3,(H,15,16). The minimum Gasteiger partial charge on any atom is -0.358 e. The van der Waals surface area contributed by atoms with Crippen LogP contribution >= 0.6 is 0 Å². The van der Waals surface area contributed by atoms with Gasteiger partial charge in [-0.25, -0.2) is 13.4 Å². The molecule has 2 aromatic rings. The Morgan fingerprint density at radius 1 is 1.23 bits per heavy atom. The third-order valence-corrected chi connectivity index (χ3v) is 4.27. The molecule has 1 atom stereocenters. The summed E-state index contributed by atoms with van der Waals surface area (Å²) in [6.07, 6.45) is 2.61. The maximum absolute atomic E-state index is 11.4. The van der Waals surface area contributed by atoms with Crippen molar-refractivity contribution in [1.82, 2.24) is 4.98 Å². The Bertz CT molecular complexity index is 788. The van der Waals surface area contributed by atoms with Gasteiger partial charge in [0.05, 0.1) is 15.9 Å². The van der Waals surface area contributed by atoms with Crippen LogP contribution in [0.25, 0.3) is 0 Å².